The van der Waals surface area contributed by atoms with Crippen LogP contribution in [0.3, 0.4) is 0 Å². The first-order valence-electron chi connectivity index (χ1n) is 9.17. The minimum atomic E-state index is -0.406. The van der Waals surface area contributed by atoms with Gasteiger partial charge in [0.1, 0.15) is 9.53 Å². The summed E-state index contributed by atoms with van der Waals surface area (Å²) < 4.78 is 7.67. The zero-order chi connectivity index (χ0) is 19.5. The van der Waals surface area contributed by atoms with Gasteiger partial charge in [-0.25, -0.2) is 9.78 Å². The van der Waals surface area contributed by atoms with Crippen LogP contribution in [0.5, 0.6) is 0 Å². The molecule has 1 aliphatic heterocycles. The van der Waals surface area contributed by atoms with Crippen LogP contribution in [0.2, 0.25) is 0 Å². The highest BCUT2D eigenvalue weighted by Gasteiger charge is 2.28. The largest absolute Gasteiger partial charge is 0.370 e. The first kappa shape index (κ1) is 17.3. The third-order valence-electron chi connectivity index (χ3n) is 5.16. The minimum Gasteiger partial charge on any atom is -0.370 e. The molecule has 142 valence electrons. The molecule has 0 radical (unpaired) electrons. The van der Waals surface area contributed by atoms with E-state index in [2.05, 4.69) is 4.98 Å². The predicted molar refractivity (Wildman–Crippen MR) is 110 cm³/mol. The first-order chi connectivity index (χ1) is 13.4. The fraction of sp³-hybridized carbons (Fsp3) is 0.286. The lowest BCUT2D eigenvalue weighted by molar-refractivity contribution is -0.0411. The lowest BCUT2D eigenvalue weighted by atomic mass is 9.95. The summed E-state index contributed by atoms with van der Waals surface area (Å²) in [5, 5.41) is 0.808. The fourth-order valence-corrected chi connectivity index (χ4v) is 4.76. The molecule has 1 aromatic carbocycles. The van der Waals surface area contributed by atoms with E-state index in [1.807, 2.05) is 50.2 Å². The van der Waals surface area contributed by atoms with Crippen molar-refractivity contribution < 1.29 is 4.74 Å². The minimum absolute atomic E-state index is 0.241. The Balaban J connectivity index is 1.70. The van der Waals surface area contributed by atoms with Gasteiger partial charge in [-0.2, -0.15) is 0 Å². The van der Waals surface area contributed by atoms with E-state index in [1.54, 1.807) is 0 Å². The van der Waals surface area contributed by atoms with Crippen LogP contribution in [0.15, 0.2) is 46.0 Å². The lowest BCUT2D eigenvalue weighted by Crippen LogP contribution is -2.34. The van der Waals surface area contributed by atoms with Crippen molar-refractivity contribution in [2.75, 3.05) is 0 Å². The molecule has 4 heterocycles. The van der Waals surface area contributed by atoms with Crippen LogP contribution in [0.4, 0.5) is 0 Å². The molecule has 4 aromatic rings. The molecule has 1 N–H and O–H groups in total. The van der Waals surface area contributed by atoms with Gasteiger partial charge in [0, 0.05) is 17.4 Å². The zero-order valence-electron chi connectivity index (χ0n) is 15.6. The summed E-state index contributed by atoms with van der Waals surface area (Å²) in [6.45, 7) is 4.82. The Morgan fingerprint density at radius 3 is 2.82 bits per heavy atom. The molecule has 0 bridgehead atoms. The van der Waals surface area contributed by atoms with Gasteiger partial charge in [-0.1, -0.05) is 30.3 Å². The second kappa shape index (κ2) is 6.12. The van der Waals surface area contributed by atoms with Gasteiger partial charge in [-0.05, 0) is 25.5 Å². The Kier molecular flexibility index (Phi) is 3.79. The van der Waals surface area contributed by atoms with Gasteiger partial charge >= 0.3 is 5.69 Å². The van der Waals surface area contributed by atoms with Crippen molar-refractivity contribution in [1.82, 2.24) is 14.5 Å². The molecule has 0 unspecified atom stereocenters. The fourth-order valence-electron chi connectivity index (χ4n) is 3.68. The number of hydrogen-bond acceptors (Lipinski definition) is 5. The Morgan fingerprint density at radius 2 is 2.04 bits per heavy atom. The Morgan fingerprint density at radius 1 is 1.25 bits per heavy atom. The van der Waals surface area contributed by atoms with Crippen LogP contribution in [-0.4, -0.2) is 20.1 Å². The summed E-state index contributed by atoms with van der Waals surface area (Å²) in [6, 6.07) is 11.5. The van der Waals surface area contributed by atoms with Crippen molar-refractivity contribution in [2.45, 2.75) is 39.0 Å². The second-order valence-corrected chi connectivity index (χ2v) is 8.78. The molecule has 0 amide bonds. The number of pyridine rings is 1. The number of hydrogen-bond donors (Lipinski definition) is 1. The average Bonchev–Trinajstić information content (AvgIpc) is 3.01. The number of aromatic amines is 1. The highest BCUT2D eigenvalue weighted by molar-refractivity contribution is 7.25. The van der Waals surface area contributed by atoms with Crippen molar-refractivity contribution in [3.63, 3.8) is 0 Å². The molecule has 0 saturated heterocycles. The van der Waals surface area contributed by atoms with Gasteiger partial charge in [0.15, 0.2) is 0 Å². The molecule has 28 heavy (non-hydrogen) atoms. The lowest BCUT2D eigenvalue weighted by Gasteiger charge is -2.30. The van der Waals surface area contributed by atoms with Crippen LogP contribution < -0.4 is 11.2 Å². The van der Waals surface area contributed by atoms with Crippen LogP contribution in [-0.2, 0) is 24.3 Å². The monoisotopic (exact) mass is 393 g/mol. The van der Waals surface area contributed by atoms with Crippen molar-refractivity contribution in [2.24, 2.45) is 0 Å². The molecule has 0 aliphatic carbocycles. The van der Waals surface area contributed by atoms with Crippen molar-refractivity contribution in [1.29, 1.82) is 0 Å². The molecule has 0 saturated carbocycles. The highest BCUT2D eigenvalue weighted by Crippen LogP contribution is 2.34. The summed E-state index contributed by atoms with van der Waals surface area (Å²) in [7, 11) is 0. The predicted octanol–water partition coefficient (Wildman–Crippen LogP) is 3.20. The molecular formula is C21H19N3O3S. The molecular weight excluding hydrogens is 374 g/mol. The van der Waals surface area contributed by atoms with E-state index in [1.165, 1.54) is 15.9 Å². The molecule has 6 nitrogen and oxygen atoms in total. The number of benzene rings is 1. The number of nitrogens with zero attached hydrogens (tertiary/aromatic N) is 2. The maximum atomic E-state index is 13.0. The summed E-state index contributed by atoms with van der Waals surface area (Å²) in [6.07, 6.45) is 0.723. The Hall–Kier alpha value is -2.77. The van der Waals surface area contributed by atoms with Gasteiger partial charge in [0.05, 0.1) is 30.0 Å². The third kappa shape index (κ3) is 2.78. The third-order valence-corrected chi connectivity index (χ3v) is 6.25. The Labute approximate surface area is 164 Å². The number of rotatable bonds is 2. The van der Waals surface area contributed by atoms with E-state index >= 15 is 0 Å². The number of ether oxygens (including phenoxy) is 1. The summed E-state index contributed by atoms with van der Waals surface area (Å²) >= 11 is 1.34. The van der Waals surface area contributed by atoms with E-state index in [0.29, 0.717) is 16.8 Å². The zero-order valence-corrected chi connectivity index (χ0v) is 16.4. The maximum absolute atomic E-state index is 13.0. The smallest absolute Gasteiger partial charge is 0.329 e. The number of H-pyrrole nitrogens is 1. The molecule has 0 fully saturated rings. The van der Waals surface area contributed by atoms with E-state index in [0.717, 1.165) is 33.5 Å². The topological polar surface area (TPSA) is 77.0 Å². The normalized spacial score (nSPS) is 15.8. The average molecular weight is 393 g/mol. The van der Waals surface area contributed by atoms with Gasteiger partial charge in [0.25, 0.3) is 5.56 Å². The van der Waals surface area contributed by atoms with E-state index in [9.17, 15) is 9.59 Å². The van der Waals surface area contributed by atoms with Gasteiger partial charge < -0.3 is 9.72 Å². The van der Waals surface area contributed by atoms with Gasteiger partial charge in [-0.3, -0.25) is 9.36 Å². The molecule has 3 aromatic heterocycles. The molecule has 0 spiro atoms. The first-order valence-corrected chi connectivity index (χ1v) is 9.99. The van der Waals surface area contributed by atoms with Gasteiger partial charge in [0.2, 0.25) is 0 Å². The molecule has 5 rings (SSSR count). The number of aromatic nitrogens is 3. The van der Waals surface area contributed by atoms with E-state index in [4.69, 9.17) is 9.72 Å². The van der Waals surface area contributed by atoms with Gasteiger partial charge in [-0.15, -0.1) is 11.3 Å². The molecule has 1 aliphatic rings. The number of nitrogens with one attached hydrogen (secondary N) is 1. The molecule has 0 atom stereocenters. The van der Waals surface area contributed by atoms with Crippen LogP contribution in [0.1, 0.15) is 30.7 Å². The summed E-state index contributed by atoms with van der Waals surface area (Å²) in [5.74, 6) is 0. The van der Waals surface area contributed by atoms with Crippen molar-refractivity contribution in [3.05, 3.63) is 74.1 Å². The summed E-state index contributed by atoms with van der Waals surface area (Å²) in [5.41, 5.74) is 2.56. The SMILES string of the molecule is CC1(C)Cc2nc3sc4c(=O)n(Cc5ccccc5)c(=O)[nH]c4c3cc2CO1. The second-order valence-electron chi connectivity index (χ2n) is 7.79. The quantitative estimate of drug-likeness (QED) is 0.567. The van der Waals surface area contributed by atoms with Crippen LogP contribution in [0, 0.1) is 0 Å². The van der Waals surface area contributed by atoms with E-state index < -0.39 is 5.69 Å². The van der Waals surface area contributed by atoms with Crippen molar-refractivity contribution >= 4 is 31.8 Å². The number of fused-ring (bicyclic) bond motifs is 4. The van der Waals surface area contributed by atoms with Crippen molar-refractivity contribution in [3.8, 4) is 0 Å². The van der Waals surface area contributed by atoms with Crippen LogP contribution >= 0.6 is 11.3 Å². The summed E-state index contributed by atoms with van der Waals surface area (Å²) in [4.78, 5) is 34.2. The van der Waals surface area contributed by atoms with Crippen LogP contribution in [0.25, 0.3) is 20.4 Å². The Bertz CT molecular complexity index is 1330. The molecule has 7 heteroatoms. The standard InChI is InChI=1S/C21H19N3O3S/c1-21(2)9-15-13(11-27-21)8-14-16-17(28-18(14)22-15)19(25)24(20(26)23-16)10-12-6-4-3-5-7-12/h3-8H,9-11H2,1-2H3,(H,23,26). The van der Waals surface area contributed by atoms with E-state index in [-0.39, 0.29) is 17.7 Å². The highest BCUT2D eigenvalue weighted by atomic mass is 32.1. The number of thiophene rings is 1. The maximum Gasteiger partial charge on any atom is 0.329 e.